The highest BCUT2D eigenvalue weighted by molar-refractivity contribution is 6.36. The minimum absolute atomic E-state index is 0.160. The van der Waals surface area contributed by atoms with Crippen LogP contribution in [0.5, 0.6) is 11.5 Å². The van der Waals surface area contributed by atoms with E-state index in [0.29, 0.717) is 32.7 Å². The van der Waals surface area contributed by atoms with Gasteiger partial charge >= 0.3 is 0 Å². The highest BCUT2D eigenvalue weighted by atomic mass is 35.5. The fourth-order valence-corrected chi connectivity index (χ4v) is 2.33. The van der Waals surface area contributed by atoms with Crippen molar-refractivity contribution in [3.05, 3.63) is 57.6 Å². The molecule has 0 aromatic heterocycles. The van der Waals surface area contributed by atoms with E-state index in [1.807, 2.05) is 0 Å². The van der Waals surface area contributed by atoms with E-state index in [-0.39, 0.29) is 12.7 Å². The van der Waals surface area contributed by atoms with Gasteiger partial charge in [-0.05, 0) is 30.3 Å². The van der Waals surface area contributed by atoms with Crippen molar-refractivity contribution in [2.24, 2.45) is 5.10 Å². The Bertz CT molecular complexity index is 762. The number of benzene rings is 2. The summed E-state index contributed by atoms with van der Waals surface area (Å²) in [6.45, 7) is 0.160. The van der Waals surface area contributed by atoms with Crippen LogP contribution in [0.2, 0.25) is 10.0 Å². The number of fused-ring (bicyclic) bond motifs is 1. The Kier molecular flexibility index (Phi) is 4.18. The summed E-state index contributed by atoms with van der Waals surface area (Å²) in [4.78, 5) is 12.0. The average molecular weight is 337 g/mol. The van der Waals surface area contributed by atoms with Crippen LogP contribution in [0.15, 0.2) is 41.5 Å². The van der Waals surface area contributed by atoms with Gasteiger partial charge in [-0.1, -0.05) is 29.3 Å². The second-order valence-corrected chi connectivity index (χ2v) is 5.28. The van der Waals surface area contributed by atoms with Crippen molar-refractivity contribution in [3.63, 3.8) is 0 Å². The van der Waals surface area contributed by atoms with E-state index in [2.05, 4.69) is 10.5 Å². The third-order valence-corrected chi connectivity index (χ3v) is 3.53. The lowest BCUT2D eigenvalue weighted by Gasteiger charge is -2.02. The van der Waals surface area contributed by atoms with E-state index in [9.17, 15) is 4.79 Å². The Labute approximate surface area is 136 Å². The molecule has 1 N–H and O–H groups in total. The lowest BCUT2D eigenvalue weighted by atomic mass is 10.2. The van der Waals surface area contributed by atoms with E-state index in [1.54, 1.807) is 36.4 Å². The molecule has 5 nitrogen and oxygen atoms in total. The minimum Gasteiger partial charge on any atom is -0.454 e. The van der Waals surface area contributed by atoms with Gasteiger partial charge in [0.05, 0.1) is 11.2 Å². The van der Waals surface area contributed by atoms with Crippen LogP contribution in [0, 0.1) is 0 Å². The summed E-state index contributed by atoms with van der Waals surface area (Å²) in [5.74, 6) is 0.796. The molecule has 2 aromatic carbocycles. The zero-order chi connectivity index (χ0) is 15.5. The Hall–Kier alpha value is -2.24. The summed E-state index contributed by atoms with van der Waals surface area (Å²) in [5.41, 5.74) is 3.49. The van der Waals surface area contributed by atoms with Crippen molar-refractivity contribution >= 4 is 35.3 Å². The maximum absolute atomic E-state index is 12.0. The number of rotatable bonds is 3. The van der Waals surface area contributed by atoms with E-state index >= 15 is 0 Å². The molecule has 0 radical (unpaired) electrons. The molecular weight excluding hydrogens is 327 g/mol. The fourth-order valence-electron chi connectivity index (χ4n) is 1.87. The Balaban J connectivity index is 1.68. The zero-order valence-electron chi connectivity index (χ0n) is 11.2. The second kappa shape index (κ2) is 6.25. The molecule has 0 unspecified atom stereocenters. The van der Waals surface area contributed by atoms with Crippen LogP contribution < -0.4 is 14.9 Å². The summed E-state index contributed by atoms with van der Waals surface area (Å²) in [6.07, 6.45) is 1.45. The molecule has 0 aliphatic carbocycles. The number of carbonyl (C=O) groups excluding carboxylic acids is 1. The third kappa shape index (κ3) is 3.16. The van der Waals surface area contributed by atoms with Gasteiger partial charge in [0, 0.05) is 16.1 Å². The van der Waals surface area contributed by atoms with Crippen LogP contribution in [0.3, 0.4) is 0 Å². The summed E-state index contributed by atoms with van der Waals surface area (Å²) in [6, 6.07) is 9.91. The van der Waals surface area contributed by atoms with Crippen molar-refractivity contribution < 1.29 is 14.3 Å². The van der Waals surface area contributed by atoms with Crippen LogP contribution in [-0.4, -0.2) is 18.9 Å². The number of ether oxygens (including phenoxy) is 2. The lowest BCUT2D eigenvalue weighted by molar-refractivity contribution is 0.0954. The molecule has 7 heteroatoms. The molecule has 1 aliphatic rings. The number of carbonyl (C=O) groups is 1. The first-order chi connectivity index (χ1) is 10.6. The predicted molar refractivity (Wildman–Crippen MR) is 84.1 cm³/mol. The van der Waals surface area contributed by atoms with Gasteiger partial charge in [0.1, 0.15) is 0 Å². The first-order valence-corrected chi connectivity index (χ1v) is 7.07. The SMILES string of the molecule is O=C(N/N=C\c1ccc(Cl)cc1Cl)c1ccc2c(c1)OCO2. The Morgan fingerprint density at radius 3 is 2.77 bits per heavy atom. The number of hydrogen-bond acceptors (Lipinski definition) is 4. The van der Waals surface area contributed by atoms with E-state index in [1.165, 1.54) is 6.21 Å². The molecule has 2 aromatic rings. The van der Waals surface area contributed by atoms with Gasteiger partial charge in [0.25, 0.3) is 5.91 Å². The zero-order valence-corrected chi connectivity index (χ0v) is 12.7. The summed E-state index contributed by atoms with van der Waals surface area (Å²) >= 11 is 11.8. The molecular formula is C15H10Cl2N2O3. The maximum Gasteiger partial charge on any atom is 0.271 e. The molecule has 112 valence electrons. The van der Waals surface area contributed by atoms with Crippen LogP contribution in [0.1, 0.15) is 15.9 Å². The molecule has 0 bridgehead atoms. The van der Waals surface area contributed by atoms with Gasteiger partial charge in [0.15, 0.2) is 11.5 Å². The van der Waals surface area contributed by atoms with Gasteiger partial charge < -0.3 is 9.47 Å². The molecule has 0 saturated carbocycles. The third-order valence-electron chi connectivity index (χ3n) is 2.97. The van der Waals surface area contributed by atoms with E-state index in [4.69, 9.17) is 32.7 Å². The number of nitrogens with one attached hydrogen (secondary N) is 1. The lowest BCUT2D eigenvalue weighted by Crippen LogP contribution is -2.17. The molecule has 0 spiro atoms. The van der Waals surface area contributed by atoms with Crippen molar-refractivity contribution in [3.8, 4) is 11.5 Å². The summed E-state index contributed by atoms with van der Waals surface area (Å²) in [5, 5.41) is 4.86. The Morgan fingerprint density at radius 2 is 1.95 bits per heavy atom. The molecule has 1 heterocycles. The topological polar surface area (TPSA) is 59.9 Å². The highest BCUT2D eigenvalue weighted by Crippen LogP contribution is 2.32. The van der Waals surface area contributed by atoms with Crippen molar-refractivity contribution in [1.29, 1.82) is 0 Å². The number of amides is 1. The smallest absolute Gasteiger partial charge is 0.271 e. The van der Waals surface area contributed by atoms with Crippen LogP contribution in [0.25, 0.3) is 0 Å². The number of hydrogen-bond donors (Lipinski definition) is 1. The summed E-state index contributed by atoms with van der Waals surface area (Å²) in [7, 11) is 0. The molecule has 0 fully saturated rings. The quantitative estimate of drug-likeness (QED) is 0.689. The number of halogens is 2. The monoisotopic (exact) mass is 336 g/mol. The van der Waals surface area contributed by atoms with Crippen molar-refractivity contribution in [2.45, 2.75) is 0 Å². The second-order valence-electron chi connectivity index (χ2n) is 4.43. The largest absolute Gasteiger partial charge is 0.454 e. The van der Waals surface area contributed by atoms with Gasteiger partial charge in [-0.3, -0.25) is 4.79 Å². The molecule has 3 rings (SSSR count). The minimum atomic E-state index is -0.361. The van der Waals surface area contributed by atoms with Crippen LogP contribution in [-0.2, 0) is 0 Å². The summed E-state index contributed by atoms with van der Waals surface area (Å²) < 4.78 is 10.4. The highest BCUT2D eigenvalue weighted by Gasteiger charge is 2.15. The fraction of sp³-hybridized carbons (Fsp3) is 0.0667. The van der Waals surface area contributed by atoms with Gasteiger partial charge in [-0.2, -0.15) is 5.10 Å². The number of hydrazone groups is 1. The van der Waals surface area contributed by atoms with Crippen LogP contribution >= 0.6 is 23.2 Å². The predicted octanol–water partition coefficient (Wildman–Crippen LogP) is 3.49. The van der Waals surface area contributed by atoms with E-state index < -0.39 is 0 Å². The molecule has 22 heavy (non-hydrogen) atoms. The molecule has 0 saturated heterocycles. The van der Waals surface area contributed by atoms with E-state index in [0.717, 1.165) is 0 Å². The van der Waals surface area contributed by atoms with Crippen molar-refractivity contribution in [2.75, 3.05) is 6.79 Å². The van der Waals surface area contributed by atoms with Crippen LogP contribution in [0.4, 0.5) is 0 Å². The number of nitrogens with zero attached hydrogens (tertiary/aromatic N) is 1. The normalized spacial score (nSPS) is 12.6. The standard InChI is InChI=1S/C15H10Cl2N2O3/c16-11-3-1-10(12(17)6-11)7-18-19-15(20)9-2-4-13-14(5-9)22-8-21-13/h1-7H,8H2,(H,19,20)/b18-7-. The Morgan fingerprint density at radius 1 is 1.14 bits per heavy atom. The van der Waals surface area contributed by atoms with Gasteiger partial charge in [-0.25, -0.2) is 5.43 Å². The van der Waals surface area contributed by atoms with Gasteiger partial charge in [-0.15, -0.1) is 0 Å². The molecule has 1 amide bonds. The average Bonchev–Trinajstić information content (AvgIpc) is 2.96. The maximum atomic E-state index is 12.0. The molecule has 0 atom stereocenters. The van der Waals surface area contributed by atoms with Gasteiger partial charge in [0.2, 0.25) is 6.79 Å². The molecule has 1 aliphatic heterocycles. The first-order valence-electron chi connectivity index (χ1n) is 6.31. The van der Waals surface area contributed by atoms with Crippen molar-refractivity contribution in [1.82, 2.24) is 5.43 Å². The first kappa shape index (κ1) is 14.7.